The summed E-state index contributed by atoms with van der Waals surface area (Å²) in [5, 5.41) is 28.3. The van der Waals surface area contributed by atoms with Gasteiger partial charge in [0.15, 0.2) is 0 Å². The fourth-order valence-corrected chi connectivity index (χ4v) is 4.60. The normalized spacial score (nSPS) is 15.8. The molecule has 0 spiro atoms. The monoisotopic (exact) mass is 561 g/mol. The van der Waals surface area contributed by atoms with Crippen LogP contribution in [-0.2, 0) is 22.3 Å². The molecule has 0 fully saturated rings. The minimum Gasteiger partial charge on any atom is -0.478 e. The number of hydrogen-bond acceptors (Lipinski definition) is 4. The van der Waals surface area contributed by atoms with Gasteiger partial charge in [0.1, 0.15) is 0 Å². The van der Waals surface area contributed by atoms with Gasteiger partial charge in [0.25, 0.3) is 0 Å². The lowest BCUT2D eigenvalue weighted by Gasteiger charge is -2.42. The Morgan fingerprint density at radius 2 is 1.68 bits per heavy atom. The molecule has 0 radical (unpaired) electrons. The van der Waals surface area contributed by atoms with E-state index in [9.17, 15) is 37.9 Å². The molecule has 1 unspecified atom stereocenters. The highest BCUT2D eigenvalue weighted by Crippen LogP contribution is 2.41. The lowest BCUT2D eigenvalue weighted by molar-refractivity contribution is -0.137. The van der Waals surface area contributed by atoms with Gasteiger partial charge in [0.2, 0.25) is 0 Å². The number of benzene rings is 3. The van der Waals surface area contributed by atoms with Crippen LogP contribution < -0.4 is 4.90 Å². The van der Waals surface area contributed by atoms with Crippen molar-refractivity contribution in [2.24, 2.45) is 0 Å². The molecule has 208 valence electrons. The summed E-state index contributed by atoms with van der Waals surface area (Å²) in [6.45, 7) is 1.23. The van der Waals surface area contributed by atoms with Crippen molar-refractivity contribution in [3.05, 3.63) is 118 Å². The maximum atomic E-state index is 14.0. The number of rotatable bonds is 7. The number of nitriles is 1. The number of carbonyl (C=O) groups excluding carboxylic acids is 1. The molecule has 1 heterocycles. The summed E-state index contributed by atoms with van der Waals surface area (Å²) >= 11 is 0. The number of aliphatic carboxylic acids is 2. The number of anilines is 1. The highest BCUT2D eigenvalue weighted by molar-refractivity contribution is 6.02. The average Bonchev–Trinajstić information content (AvgIpc) is 2.93. The second-order valence-corrected chi connectivity index (χ2v) is 9.15. The zero-order chi connectivity index (χ0) is 29.9. The minimum atomic E-state index is -4.69. The number of alkyl halides is 3. The van der Waals surface area contributed by atoms with Crippen molar-refractivity contribution >= 4 is 29.7 Å². The summed E-state index contributed by atoms with van der Waals surface area (Å²) < 4.78 is 40.5. The third-order valence-electron chi connectivity index (χ3n) is 6.52. The predicted octanol–water partition coefficient (Wildman–Crippen LogP) is 6.22. The van der Waals surface area contributed by atoms with Crippen molar-refractivity contribution in [2.75, 3.05) is 4.90 Å². The van der Waals surface area contributed by atoms with Crippen molar-refractivity contribution in [3.63, 3.8) is 0 Å². The van der Waals surface area contributed by atoms with Crippen molar-refractivity contribution in [2.45, 2.75) is 25.7 Å². The van der Waals surface area contributed by atoms with E-state index in [0.29, 0.717) is 22.3 Å². The standard InChI is InChI=1S/C30H22F3N3O5/c1-18-26(28(39)40)27(22-12-9-20(16-34)10-13-22)35(17-21-7-5-19(6-8-21)11-14-25(37)38)29(41)36(18)24-4-2-3-23(15-24)30(31,32)33/h2-15,27H,17H2,1H3,(H,37,38)(H,39,40)/b14-11+. The molecule has 2 amide bonds. The van der Waals surface area contributed by atoms with Gasteiger partial charge in [-0.25, -0.2) is 14.4 Å². The molecule has 1 aliphatic heterocycles. The molecule has 2 N–H and O–H groups in total. The van der Waals surface area contributed by atoms with Gasteiger partial charge in [0.05, 0.1) is 34.5 Å². The van der Waals surface area contributed by atoms with Crippen LogP contribution in [0.4, 0.5) is 23.7 Å². The highest BCUT2D eigenvalue weighted by atomic mass is 19.4. The number of nitrogens with zero attached hydrogens (tertiary/aromatic N) is 3. The molecule has 41 heavy (non-hydrogen) atoms. The first-order valence-corrected chi connectivity index (χ1v) is 12.1. The van der Waals surface area contributed by atoms with Gasteiger partial charge in [0, 0.05) is 18.3 Å². The average molecular weight is 562 g/mol. The SMILES string of the molecule is CC1=C(C(=O)O)C(c2ccc(C#N)cc2)N(Cc2ccc(/C=C/C(=O)O)cc2)C(=O)N1c1cccc(C(F)(F)F)c1. The summed E-state index contributed by atoms with van der Waals surface area (Å²) in [5.74, 6) is -2.50. The highest BCUT2D eigenvalue weighted by Gasteiger charge is 2.43. The number of allylic oxidation sites excluding steroid dienone is 1. The van der Waals surface area contributed by atoms with E-state index in [1.165, 1.54) is 48.2 Å². The molecule has 4 rings (SSSR count). The first-order chi connectivity index (χ1) is 19.4. The number of amides is 2. The first-order valence-electron chi connectivity index (χ1n) is 12.1. The van der Waals surface area contributed by atoms with Crippen LogP contribution in [0.25, 0.3) is 6.08 Å². The Morgan fingerprint density at radius 3 is 2.24 bits per heavy atom. The Labute approximate surface area is 232 Å². The quantitative estimate of drug-likeness (QED) is 0.331. The lowest BCUT2D eigenvalue weighted by atomic mass is 9.91. The Hall–Kier alpha value is -5.37. The fraction of sp³-hybridized carbons (Fsp3) is 0.133. The van der Waals surface area contributed by atoms with E-state index in [0.717, 1.165) is 29.2 Å². The van der Waals surface area contributed by atoms with E-state index < -0.39 is 35.8 Å². The van der Waals surface area contributed by atoms with Crippen LogP contribution in [0.3, 0.4) is 0 Å². The molecule has 1 aliphatic rings. The van der Waals surface area contributed by atoms with Crippen LogP contribution in [0.1, 0.15) is 40.8 Å². The zero-order valence-electron chi connectivity index (χ0n) is 21.5. The number of carbonyl (C=O) groups is 3. The van der Waals surface area contributed by atoms with Crippen LogP contribution in [0.5, 0.6) is 0 Å². The van der Waals surface area contributed by atoms with Gasteiger partial charge < -0.3 is 15.1 Å². The maximum Gasteiger partial charge on any atom is 0.416 e. The molecular weight excluding hydrogens is 539 g/mol. The van der Waals surface area contributed by atoms with E-state index in [1.54, 1.807) is 24.3 Å². The molecule has 0 saturated carbocycles. The van der Waals surface area contributed by atoms with E-state index in [4.69, 9.17) is 5.11 Å². The maximum absolute atomic E-state index is 14.0. The van der Waals surface area contributed by atoms with E-state index in [-0.39, 0.29) is 23.5 Å². The van der Waals surface area contributed by atoms with Gasteiger partial charge in [-0.15, -0.1) is 0 Å². The summed E-state index contributed by atoms with van der Waals surface area (Å²) in [7, 11) is 0. The Balaban J connectivity index is 1.86. The van der Waals surface area contributed by atoms with Crippen molar-refractivity contribution in [3.8, 4) is 6.07 Å². The molecule has 8 nitrogen and oxygen atoms in total. The van der Waals surface area contributed by atoms with Crippen molar-refractivity contribution in [1.82, 2.24) is 4.90 Å². The van der Waals surface area contributed by atoms with Gasteiger partial charge >= 0.3 is 24.1 Å². The Morgan fingerprint density at radius 1 is 1.02 bits per heavy atom. The third kappa shape index (κ3) is 6.12. The molecular formula is C30H22F3N3O5. The second-order valence-electron chi connectivity index (χ2n) is 9.15. The van der Waals surface area contributed by atoms with Crippen LogP contribution in [0, 0.1) is 11.3 Å². The fourth-order valence-electron chi connectivity index (χ4n) is 4.60. The molecule has 11 heteroatoms. The molecule has 3 aromatic rings. The molecule has 0 bridgehead atoms. The van der Waals surface area contributed by atoms with E-state index in [1.807, 2.05) is 6.07 Å². The van der Waals surface area contributed by atoms with Crippen molar-refractivity contribution in [1.29, 1.82) is 5.26 Å². The number of carboxylic acid groups (broad SMARTS) is 2. The number of urea groups is 1. The van der Waals surface area contributed by atoms with E-state index in [2.05, 4.69) is 0 Å². The van der Waals surface area contributed by atoms with Gasteiger partial charge in [-0.2, -0.15) is 18.4 Å². The zero-order valence-corrected chi connectivity index (χ0v) is 21.5. The van der Waals surface area contributed by atoms with Crippen LogP contribution in [0.2, 0.25) is 0 Å². The second kappa shape index (κ2) is 11.4. The third-order valence-corrected chi connectivity index (χ3v) is 6.52. The molecule has 0 saturated heterocycles. The molecule has 1 atom stereocenters. The Bertz CT molecular complexity index is 1600. The number of halogens is 3. The Kier molecular flexibility index (Phi) is 7.96. The summed E-state index contributed by atoms with van der Waals surface area (Å²) in [4.78, 5) is 39.7. The van der Waals surface area contributed by atoms with Gasteiger partial charge in [-0.1, -0.05) is 42.5 Å². The molecule has 3 aromatic carbocycles. The molecule has 0 aromatic heterocycles. The first kappa shape index (κ1) is 28.6. The van der Waals surface area contributed by atoms with Crippen molar-refractivity contribution < 1.29 is 37.8 Å². The topological polar surface area (TPSA) is 122 Å². The van der Waals surface area contributed by atoms with E-state index >= 15 is 0 Å². The van der Waals surface area contributed by atoms with Gasteiger partial charge in [-0.05, 0) is 60.0 Å². The number of hydrogen-bond donors (Lipinski definition) is 2. The minimum absolute atomic E-state index is 0.0541. The largest absolute Gasteiger partial charge is 0.478 e. The number of carboxylic acids is 2. The predicted molar refractivity (Wildman–Crippen MR) is 142 cm³/mol. The van der Waals surface area contributed by atoms with Crippen LogP contribution >= 0.6 is 0 Å². The smallest absolute Gasteiger partial charge is 0.416 e. The van der Waals surface area contributed by atoms with Crippen LogP contribution in [-0.4, -0.2) is 33.1 Å². The summed E-state index contributed by atoms with van der Waals surface area (Å²) in [6, 6.07) is 16.7. The lowest BCUT2D eigenvalue weighted by Crippen LogP contribution is -2.50. The van der Waals surface area contributed by atoms with Gasteiger partial charge in [-0.3, -0.25) is 4.90 Å². The summed E-state index contributed by atoms with van der Waals surface area (Å²) in [5.41, 5.74) is 0.385. The summed E-state index contributed by atoms with van der Waals surface area (Å²) in [6.07, 6.45) is -2.35. The molecule has 0 aliphatic carbocycles. The van der Waals surface area contributed by atoms with Crippen LogP contribution in [0.15, 0.2) is 90.1 Å².